The summed E-state index contributed by atoms with van der Waals surface area (Å²) in [5.74, 6) is -2.96. The zero-order valence-electron chi connectivity index (χ0n) is 13.4. The van der Waals surface area contributed by atoms with E-state index in [4.69, 9.17) is 14.6 Å². The number of carboxylic acids is 1. The summed E-state index contributed by atoms with van der Waals surface area (Å²) < 4.78 is 38.6. The maximum atomic E-state index is 11.5. The molecule has 0 aliphatic carbocycles. The molecule has 2 heterocycles. The molecule has 0 amide bonds. The highest BCUT2D eigenvalue weighted by Crippen LogP contribution is 2.28. The number of carboxylic acid groups (broad SMARTS) is 1. The van der Waals surface area contributed by atoms with Crippen molar-refractivity contribution in [3.63, 3.8) is 0 Å². The molecule has 0 saturated heterocycles. The number of ether oxygens (including phenoxy) is 1. The van der Waals surface area contributed by atoms with Gasteiger partial charge in [-0.2, -0.15) is 13.2 Å². The van der Waals surface area contributed by atoms with E-state index in [-0.39, 0.29) is 12.5 Å². The van der Waals surface area contributed by atoms with Gasteiger partial charge in [0.2, 0.25) is 0 Å². The van der Waals surface area contributed by atoms with Gasteiger partial charge in [-0.1, -0.05) is 18.2 Å². The summed E-state index contributed by atoms with van der Waals surface area (Å²) in [6, 6.07) is 8.26. The number of nitrogens with one attached hydrogen (secondary N) is 1. The molecule has 25 heavy (non-hydrogen) atoms. The normalized spacial score (nSPS) is 13.6. The van der Waals surface area contributed by atoms with E-state index in [2.05, 4.69) is 22.0 Å². The third kappa shape index (κ3) is 4.30. The van der Waals surface area contributed by atoms with Crippen LogP contribution in [-0.2, 0) is 33.8 Å². The number of rotatable bonds is 2. The number of fused-ring (bicyclic) bond motifs is 3. The molecule has 1 aromatic heterocycles. The summed E-state index contributed by atoms with van der Waals surface area (Å²) in [6.45, 7) is 2.11. The van der Waals surface area contributed by atoms with Crippen LogP contribution in [0.1, 0.15) is 11.3 Å². The van der Waals surface area contributed by atoms with E-state index in [1.165, 1.54) is 23.8 Å². The molecule has 136 valence electrons. The Labute approximate surface area is 141 Å². The van der Waals surface area contributed by atoms with Crippen LogP contribution in [-0.4, -0.2) is 41.4 Å². The van der Waals surface area contributed by atoms with Crippen LogP contribution in [0.15, 0.2) is 24.3 Å². The van der Waals surface area contributed by atoms with Crippen molar-refractivity contribution in [2.24, 2.45) is 0 Å². The lowest BCUT2D eigenvalue weighted by Gasteiger charge is -2.16. The first-order valence-electron chi connectivity index (χ1n) is 7.42. The second-order valence-electron chi connectivity index (χ2n) is 5.33. The first kappa shape index (κ1) is 18.8. The molecule has 0 atom stereocenters. The zero-order chi connectivity index (χ0) is 18.6. The molecule has 0 saturated carbocycles. The number of nitrogens with zero attached hydrogens (tertiary/aromatic N) is 1. The van der Waals surface area contributed by atoms with E-state index >= 15 is 0 Å². The summed E-state index contributed by atoms with van der Waals surface area (Å²) in [5, 5.41) is 11.7. The number of methoxy groups -OCH3 is 1. The minimum Gasteiger partial charge on any atom is -0.475 e. The second kappa shape index (κ2) is 7.56. The maximum absolute atomic E-state index is 11.5. The standard InChI is InChI=1S/C14H16N2O2.C2HF3O2/c1-18-14(17)9-16-12-5-3-2-4-10(12)11-6-7-15-8-13(11)16;3-2(4,5)1(6)7/h2-5,15H,6-9H2,1H3;(H,6,7). The smallest absolute Gasteiger partial charge is 0.475 e. The van der Waals surface area contributed by atoms with Gasteiger partial charge in [-0.05, 0) is 24.6 Å². The Morgan fingerprint density at radius 2 is 1.96 bits per heavy atom. The number of aliphatic carboxylic acids is 1. The Morgan fingerprint density at radius 3 is 2.56 bits per heavy atom. The molecule has 1 aliphatic heterocycles. The molecule has 1 aliphatic rings. The van der Waals surface area contributed by atoms with Crippen molar-refractivity contribution in [2.75, 3.05) is 13.7 Å². The van der Waals surface area contributed by atoms with Crippen molar-refractivity contribution in [3.8, 4) is 0 Å². The van der Waals surface area contributed by atoms with E-state index in [0.717, 1.165) is 25.0 Å². The summed E-state index contributed by atoms with van der Waals surface area (Å²) in [5.41, 5.74) is 3.71. The van der Waals surface area contributed by atoms with Gasteiger partial charge < -0.3 is 19.7 Å². The van der Waals surface area contributed by atoms with Gasteiger partial charge >= 0.3 is 18.1 Å². The number of carbonyl (C=O) groups is 2. The minimum absolute atomic E-state index is 0.205. The number of hydrogen-bond acceptors (Lipinski definition) is 4. The van der Waals surface area contributed by atoms with Crippen LogP contribution in [0.3, 0.4) is 0 Å². The fraction of sp³-hybridized carbons (Fsp3) is 0.375. The Kier molecular flexibility index (Phi) is 5.68. The lowest BCUT2D eigenvalue weighted by Crippen LogP contribution is -2.26. The molecular formula is C16H17F3N2O4. The number of halogens is 3. The van der Waals surface area contributed by atoms with Gasteiger partial charge in [-0.25, -0.2) is 4.79 Å². The molecule has 9 heteroatoms. The van der Waals surface area contributed by atoms with E-state index in [0.29, 0.717) is 0 Å². The molecule has 1 aromatic carbocycles. The van der Waals surface area contributed by atoms with Crippen LogP contribution in [0, 0.1) is 0 Å². The highest BCUT2D eigenvalue weighted by molar-refractivity contribution is 5.87. The number of para-hydroxylation sites is 1. The Hall–Kier alpha value is -2.55. The van der Waals surface area contributed by atoms with Crippen molar-refractivity contribution in [1.29, 1.82) is 0 Å². The van der Waals surface area contributed by atoms with Crippen LogP contribution in [0.25, 0.3) is 10.9 Å². The number of aromatic nitrogens is 1. The predicted octanol–water partition coefficient (Wildman–Crippen LogP) is 2.09. The van der Waals surface area contributed by atoms with E-state index in [1.807, 2.05) is 12.1 Å². The molecule has 0 fully saturated rings. The van der Waals surface area contributed by atoms with Gasteiger partial charge in [-0.15, -0.1) is 0 Å². The molecule has 0 radical (unpaired) electrons. The first-order chi connectivity index (χ1) is 11.8. The number of alkyl halides is 3. The first-order valence-corrected chi connectivity index (χ1v) is 7.42. The average molecular weight is 358 g/mol. The molecule has 0 unspecified atom stereocenters. The zero-order valence-corrected chi connectivity index (χ0v) is 13.4. The van der Waals surface area contributed by atoms with Crippen LogP contribution >= 0.6 is 0 Å². The predicted molar refractivity (Wildman–Crippen MR) is 83.1 cm³/mol. The van der Waals surface area contributed by atoms with E-state index in [1.54, 1.807) is 0 Å². The Bertz CT molecular complexity index is 784. The van der Waals surface area contributed by atoms with Crippen LogP contribution in [0.2, 0.25) is 0 Å². The topological polar surface area (TPSA) is 80.6 Å². The lowest BCUT2D eigenvalue weighted by atomic mass is 10.1. The molecular weight excluding hydrogens is 341 g/mol. The number of carbonyl (C=O) groups excluding carboxylic acids is 1. The number of esters is 1. The molecule has 2 N–H and O–H groups in total. The third-order valence-electron chi connectivity index (χ3n) is 3.80. The summed E-state index contributed by atoms with van der Waals surface area (Å²) in [7, 11) is 1.43. The van der Waals surface area contributed by atoms with Gasteiger partial charge in [-0.3, -0.25) is 4.79 Å². The molecule has 0 spiro atoms. The highest BCUT2D eigenvalue weighted by atomic mass is 19.4. The molecule has 0 bridgehead atoms. The van der Waals surface area contributed by atoms with Gasteiger partial charge in [0.05, 0.1) is 7.11 Å². The van der Waals surface area contributed by atoms with Gasteiger partial charge in [0, 0.05) is 23.1 Å². The molecule has 3 rings (SSSR count). The van der Waals surface area contributed by atoms with Crippen molar-refractivity contribution < 1.29 is 32.6 Å². The van der Waals surface area contributed by atoms with Crippen LogP contribution in [0.5, 0.6) is 0 Å². The molecule has 2 aromatic rings. The van der Waals surface area contributed by atoms with E-state index < -0.39 is 12.1 Å². The van der Waals surface area contributed by atoms with Crippen molar-refractivity contribution in [2.45, 2.75) is 25.7 Å². The van der Waals surface area contributed by atoms with Gasteiger partial charge in [0.15, 0.2) is 0 Å². The van der Waals surface area contributed by atoms with Gasteiger partial charge in [0.25, 0.3) is 0 Å². The van der Waals surface area contributed by atoms with Crippen molar-refractivity contribution in [1.82, 2.24) is 9.88 Å². The quantitative estimate of drug-likeness (QED) is 0.804. The highest BCUT2D eigenvalue weighted by Gasteiger charge is 2.38. The fourth-order valence-corrected chi connectivity index (χ4v) is 2.70. The summed E-state index contributed by atoms with van der Waals surface area (Å²) >= 11 is 0. The SMILES string of the molecule is COC(=O)Cn1c2c(c3ccccc31)CCNC2.O=C(O)C(F)(F)F. The van der Waals surface area contributed by atoms with Crippen LogP contribution < -0.4 is 5.32 Å². The summed E-state index contributed by atoms with van der Waals surface area (Å²) in [6.07, 6.45) is -4.07. The average Bonchev–Trinajstić information content (AvgIpc) is 2.89. The number of hydrogen-bond donors (Lipinski definition) is 2. The largest absolute Gasteiger partial charge is 0.490 e. The minimum atomic E-state index is -5.08. The second-order valence-corrected chi connectivity index (χ2v) is 5.33. The Balaban J connectivity index is 0.000000277. The summed E-state index contributed by atoms with van der Waals surface area (Å²) in [4.78, 5) is 20.4. The Morgan fingerprint density at radius 1 is 1.32 bits per heavy atom. The fourth-order valence-electron chi connectivity index (χ4n) is 2.70. The monoisotopic (exact) mass is 358 g/mol. The van der Waals surface area contributed by atoms with Gasteiger partial charge in [0.1, 0.15) is 6.54 Å². The lowest BCUT2D eigenvalue weighted by molar-refractivity contribution is -0.192. The third-order valence-corrected chi connectivity index (χ3v) is 3.80. The van der Waals surface area contributed by atoms with Crippen molar-refractivity contribution >= 4 is 22.8 Å². The van der Waals surface area contributed by atoms with E-state index in [9.17, 15) is 18.0 Å². The maximum Gasteiger partial charge on any atom is 0.490 e. The number of benzene rings is 1. The van der Waals surface area contributed by atoms with Crippen molar-refractivity contribution in [3.05, 3.63) is 35.5 Å². The molecule has 6 nitrogen and oxygen atoms in total. The van der Waals surface area contributed by atoms with Crippen LogP contribution in [0.4, 0.5) is 13.2 Å².